The van der Waals surface area contributed by atoms with Gasteiger partial charge >= 0.3 is 0 Å². The molecule has 1 saturated carbocycles. The summed E-state index contributed by atoms with van der Waals surface area (Å²) in [6.45, 7) is 2.37. The van der Waals surface area contributed by atoms with Gasteiger partial charge in [0, 0.05) is 43.5 Å². The number of hydrogen-bond donors (Lipinski definition) is 1. The highest BCUT2D eigenvalue weighted by molar-refractivity contribution is 5.94. The number of aryl methyl sites for hydroxylation is 1. The van der Waals surface area contributed by atoms with Crippen LogP contribution in [0.5, 0.6) is 0 Å². The van der Waals surface area contributed by atoms with Gasteiger partial charge in [-0.2, -0.15) is 0 Å². The average Bonchev–Trinajstić information content (AvgIpc) is 3.64. The maximum atomic E-state index is 12.8. The third kappa shape index (κ3) is 4.21. The van der Waals surface area contributed by atoms with E-state index in [9.17, 15) is 9.90 Å². The van der Waals surface area contributed by atoms with Crippen molar-refractivity contribution < 1.29 is 9.90 Å². The Bertz CT molecular complexity index is 1230. The maximum Gasteiger partial charge on any atom is 0.253 e. The number of amides is 1. The molecule has 33 heavy (non-hydrogen) atoms. The van der Waals surface area contributed by atoms with Crippen molar-refractivity contribution in [2.24, 2.45) is 0 Å². The number of aliphatic hydroxyl groups is 1. The molecule has 1 amide bonds. The van der Waals surface area contributed by atoms with Crippen LogP contribution in [0.3, 0.4) is 0 Å². The Hall–Kier alpha value is -3.31. The van der Waals surface area contributed by atoms with E-state index in [-0.39, 0.29) is 17.9 Å². The molecule has 0 unspecified atom stereocenters. The summed E-state index contributed by atoms with van der Waals surface area (Å²) in [7, 11) is 1.72. The van der Waals surface area contributed by atoms with Crippen LogP contribution in [0.4, 0.5) is 0 Å². The first kappa shape index (κ1) is 21.5. The van der Waals surface area contributed by atoms with Crippen LogP contribution >= 0.6 is 0 Å². The van der Waals surface area contributed by atoms with Gasteiger partial charge in [-0.3, -0.25) is 4.79 Å². The van der Waals surface area contributed by atoms with E-state index in [1.54, 1.807) is 11.9 Å². The lowest BCUT2D eigenvalue weighted by molar-refractivity contribution is 0.0767. The molecule has 0 bridgehead atoms. The second-order valence-electron chi connectivity index (χ2n) is 9.38. The van der Waals surface area contributed by atoms with Crippen LogP contribution in [0.25, 0.3) is 16.7 Å². The summed E-state index contributed by atoms with van der Waals surface area (Å²) in [5.41, 5.74) is 7.85. The summed E-state index contributed by atoms with van der Waals surface area (Å²) < 4.78 is 0. The van der Waals surface area contributed by atoms with Gasteiger partial charge in [0.15, 0.2) is 5.82 Å². The zero-order valence-corrected chi connectivity index (χ0v) is 19.2. The average molecular weight is 440 g/mol. The summed E-state index contributed by atoms with van der Waals surface area (Å²) in [4.78, 5) is 23.8. The van der Waals surface area contributed by atoms with Crippen molar-refractivity contribution in [1.29, 1.82) is 0 Å². The lowest BCUT2D eigenvalue weighted by Crippen LogP contribution is -2.29. The molecule has 3 aromatic rings. The van der Waals surface area contributed by atoms with Gasteiger partial charge in [0.1, 0.15) is 0 Å². The van der Waals surface area contributed by atoms with Crippen LogP contribution < -0.4 is 0 Å². The van der Waals surface area contributed by atoms with E-state index in [1.165, 1.54) is 29.5 Å². The van der Waals surface area contributed by atoms with Crippen LogP contribution in [0.1, 0.15) is 52.1 Å². The number of fused-ring (bicyclic) bond motifs is 2. The summed E-state index contributed by atoms with van der Waals surface area (Å²) in [5, 5.41) is 9.19. The Labute approximate surface area is 194 Å². The Morgan fingerprint density at radius 2 is 1.88 bits per heavy atom. The van der Waals surface area contributed by atoms with E-state index in [0.29, 0.717) is 18.5 Å². The smallest absolute Gasteiger partial charge is 0.253 e. The number of aliphatic hydroxyl groups excluding tert-OH is 1. The molecule has 1 fully saturated rings. The first-order valence-electron chi connectivity index (χ1n) is 11.6. The highest BCUT2D eigenvalue weighted by Gasteiger charge is 2.45. The fourth-order valence-corrected chi connectivity index (χ4v) is 4.83. The molecule has 1 N–H and O–H groups in total. The first-order valence-corrected chi connectivity index (χ1v) is 11.6. The maximum absolute atomic E-state index is 12.8. The van der Waals surface area contributed by atoms with Gasteiger partial charge < -0.3 is 10.0 Å². The van der Waals surface area contributed by atoms with E-state index < -0.39 is 0 Å². The molecular formula is C28H29N3O2. The quantitative estimate of drug-likeness (QED) is 0.632. The van der Waals surface area contributed by atoms with Crippen LogP contribution in [-0.2, 0) is 11.8 Å². The standard InChI is InChI=1S/C28H29N3O2/c1-19-4-3-5-20(14-19)24-17-29-26(30-18-24)21-8-9-28(10-11-28)25-7-6-22(16-23(25)15-21)27(33)31(2)12-13-32/h3-8,14,16-18,32H,9-13,15H2,1-2H3. The van der Waals surface area contributed by atoms with Crippen molar-refractivity contribution in [2.45, 2.75) is 38.0 Å². The van der Waals surface area contributed by atoms with Crippen LogP contribution in [-0.4, -0.2) is 46.1 Å². The molecule has 5 rings (SSSR count). The molecule has 2 aromatic carbocycles. The fraction of sp³-hybridized carbons (Fsp3) is 0.321. The number of carbonyl (C=O) groups is 1. The van der Waals surface area contributed by atoms with Gasteiger partial charge in [-0.1, -0.05) is 42.0 Å². The largest absolute Gasteiger partial charge is 0.395 e. The molecular weight excluding hydrogens is 410 g/mol. The second-order valence-corrected chi connectivity index (χ2v) is 9.38. The molecule has 5 heteroatoms. The van der Waals surface area contributed by atoms with Gasteiger partial charge in [-0.05, 0) is 66.0 Å². The minimum Gasteiger partial charge on any atom is -0.395 e. The lowest BCUT2D eigenvalue weighted by atomic mass is 9.88. The van der Waals surface area contributed by atoms with Crippen LogP contribution in [0.15, 0.2) is 60.9 Å². The highest BCUT2D eigenvalue weighted by Crippen LogP contribution is 2.54. The molecule has 2 aliphatic carbocycles. The number of carbonyl (C=O) groups excluding carboxylic acids is 1. The third-order valence-corrected chi connectivity index (χ3v) is 6.97. The molecule has 1 aromatic heterocycles. The number of rotatable bonds is 5. The highest BCUT2D eigenvalue weighted by atomic mass is 16.3. The minimum absolute atomic E-state index is 0.0426. The molecule has 1 heterocycles. The predicted octanol–water partition coefficient (Wildman–Crippen LogP) is 4.58. The molecule has 0 atom stereocenters. The van der Waals surface area contributed by atoms with Gasteiger partial charge in [-0.15, -0.1) is 0 Å². The van der Waals surface area contributed by atoms with Gasteiger partial charge in [0.05, 0.1) is 6.61 Å². The third-order valence-electron chi connectivity index (χ3n) is 6.97. The number of aromatic nitrogens is 2. The Kier molecular flexibility index (Phi) is 5.59. The summed E-state index contributed by atoms with van der Waals surface area (Å²) in [6.07, 6.45) is 10.2. The topological polar surface area (TPSA) is 66.3 Å². The summed E-state index contributed by atoms with van der Waals surface area (Å²) in [5.74, 6) is 0.689. The molecule has 0 aliphatic heterocycles. The fourth-order valence-electron chi connectivity index (χ4n) is 4.83. The van der Waals surface area contributed by atoms with Gasteiger partial charge in [0.25, 0.3) is 5.91 Å². The number of nitrogens with zero attached hydrogens (tertiary/aromatic N) is 3. The molecule has 0 saturated heterocycles. The Morgan fingerprint density at radius 1 is 1.09 bits per heavy atom. The zero-order valence-electron chi connectivity index (χ0n) is 19.2. The molecule has 0 radical (unpaired) electrons. The molecule has 2 aliphatic rings. The van der Waals surface area contributed by atoms with E-state index in [2.05, 4.69) is 43.3 Å². The minimum atomic E-state index is -0.0646. The SMILES string of the molecule is Cc1cccc(-c2cnc(C3=CCC4(CC4)c4ccc(C(=O)N(C)CCO)cc4C3)nc2)c1. The van der Waals surface area contributed by atoms with E-state index in [1.807, 2.05) is 24.5 Å². The summed E-state index contributed by atoms with van der Waals surface area (Å²) >= 11 is 0. The number of likely N-dealkylation sites (N-methyl/N-ethyl adjacent to an activating group) is 1. The zero-order chi connectivity index (χ0) is 23.0. The van der Waals surface area contributed by atoms with Crippen molar-refractivity contribution in [3.8, 4) is 11.1 Å². The van der Waals surface area contributed by atoms with Crippen molar-refractivity contribution in [3.63, 3.8) is 0 Å². The first-order chi connectivity index (χ1) is 16.0. The summed E-state index contributed by atoms with van der Waals surface area (Å²) in [6, 6.07) is 14.5. The van der Waals surface area contributed by atoms with E-state index >= 15 is 0 Å². The van der Waals surface area contributed by atoms with Crippen molar-refractivity contribution in [1.82, 2.24) is 14.9 Å². The molecule has 1 spiro atoms. The van der Waals surface area contributed by atoms with Crippen molar-refractivity contribution in [2.75, 3.05) is 20.2 Å². The number of allylic oxidation sites excluding steroid dienone is 2. The number of hydrogen-bond acceptors (Lipinski definition) is 4. The normalized spacial score (nSPS) is 16.0. The lowest BCUT2D eigenvalue weighted by Gasteiger charge is -2.19. The predicted molar refractivity (Wildman–Crippen MR) is 130 cm³/mol. The van der Waals surface area contributed by atoms with Crippen molar-refractivity contribution >= 4 is 11.5 Å². The van der Waals surface area contributed by atoms with Crippen molar-refractivity contribution in [3.05, 3.63) is 89.0 Å². The van der Waals surface area contributed by atoms with Gasteiger partial charge in [-0.25, -0.2) is 9.97 Å². The molecule has 168 valence electrons. The van der Waals surface area contributed by atoms with Gasteiger partial charge in [0.2, 0.25) is 0 Å². The van der Waals surface area contributed by atoms with E-state index in [4.69, 9.17) is 9.97 Å². The number of benzene rings is 2. The van der Waals surface area contributed by atoms with Crippen LogP contribution in [0.2, 0.25) is 0 Å². The Balaban J connectivity index is 1.45. The van der Waals surface area contributed by atoms with Crippen LogP contribution in [0, 0.1) is 6.92 Å². The molecule has 5 nitrogen and oxygen atoms in total. The van der Waals surface area contributed by atoms with E-state index in [0.717, 1.165) is 28.9 Å². The Morgan fingerprint density at radius 3 is 2.58 bits per heavy atom. The monoisotopic (exact) mass is 439 g/mol. The second kappa shape index (κ2) is 8.56.